The molecule has 1 heterocycles. The molecule has 0 unspecified atom stereocenters. The van der Waals surface area contributed by atoms with Crippen molar-refractivity contribution in [2.45, 2.75) is 13.0 Å². The van der Waals surface area contributed by atoms with Crippen LogP contribution in [0.2, 0.25) is 0 Å². The Morgan fingerprint density at radius 2 is 2.03 bits per heavy atom. The van der Waals surface area contributed by atoms with Crippen LogP contribution in [0.4, 0.5) is 5.00 Å². The molecule has 0 radical (unpaired) electrons. The Morgan fingerprint density at radius 1 is 1.21 bits per heavy atom. The molecule has 6 heteroatoms. The molecule has 0 aliphatic rings. The van der Waals surface area contributed by atoms with Crippen LogP contribution < -0.4 is 10.1 Å². The third-order valence-corrected chi connectivity index (χ3v) is 5.38. The van der Waals surface area contributed by atoms with E-state index in [0.29, 0.717) is 24.2 Å². The fourth-order valence-electron chi connectivity index (χ4n) is 2.80. The summed E-state index contributed by atoms with van der Waals surface area (Å²) in [4.78, 5) is 1.05. The van der Waals surface area contributed by atoms with Crippen LogP contribution in [0.15, 0.2) is 78.0 Å². The summed E-state index contributed by atoms with van der Waals surface area (Å²) >= 11 is 1.55. The number of benzene rings is 2. The second-order valence-corrected chi connectivity index (χ2v) is 7.37. The maximum absolute atomic E-state index is 9.44. The van der Waals surface area contributed by atoms with Gasteiger partial charge in [-0.2, -0.15) is 5.26 Å². The van der Waals surface area contributed by atoms with Gasteiger partial charge < -0.3 is 15.3 Å². The Hall–Kier alpha value is -3.56. The third kappa shape index (κ3) is 5.47. The number of nitrogens with one attached hydrogen (secondary N) is 1. The van der Waals surface area contributed by atoms with Gasteiger partial charge in [0.2, 0.25) is 0 Å². The number of ether oxygens (including phenoxy) is 1. The minimum atomic E-state index is 0.499. The Morgan fingerprint density at radius 3 is 2.76 bits per heavy atom. The molecule has 3 aromatic rings. The van der Waals surface area contributed by atoms with Crippen LogP contribution in [-0.2, 0) is 13.0 Å². The summed E-state index contributed by atoms with van der Waals surface area (Å²) in [6, 6.07) is 21.4. The van der Waals surface area contributed by atoms with Gasteiger partial charge in [-0.05, 0) is 29.8 Å². The standard InChI is InChI=1S/C23H21N3O2S/c1-28-20-10-5-7-17(13-20)16-25-23-19(15-24)14-21(29-23)11-6-12-22(26-27)18-8-3-2-4-9-18/h2-10,12-14,25,27H,11,16H2,1H3/b12-6+,26-22+. The molecule has 1 aromatic heterocycles. The first-order chi connectivity index (χ1) is 14.2. The lowest BCUT2D eigenvalue weighted by Gasteiger charge is -2.06. The van der Waals surface area contributed by atoms with Gasteiger partial charge in [0, 0.05) is 23.4 Å². The number of rotatable bonds is 8. The molecule has 0 aliphatic heterocycles. The quantitative estimate of drug-likeness (QED) is 0.307. The van der Waals surface area contributed by atoms with Crippen LogP contribution in [0.1, 0.15) is 21.6 Å². The summed E-state index contributed by atoms with van der Waals surface area (Å²) < 4.78 is 5.25. The number of hydrogen-bond donors (Lipinski definition) is 2. The van der Waals surface area contributed by atoms with Crippen LogP contribution in [0.25, 0.3) is 0 Å². The van der Waals surface area contributed by atoms with Crippen LogP contribution in [0, 0.1) is 11.3 Å². The molecule has 3 rings (SSSR count). The zero-order valence-corrected chi connectivity index (χ0v) is 16.8. The summed E-state index contributed by atoms with van der Waals surface area (Å²) in [7, 11) is 1.64. The Labute approximate surface area is 174 Å². The first-order valence-corrected chi connectivity index (χ1v) is 9.88. The van der Waals surface area contributed by atoms with Crippen LogP contribution >= 0.6 is 11.3 Å². The summed E-state index contributed by atoms with van der Waals surface area (Å²) in [6.07, 6.45) is 4.36. The lowest BCUT2D eigenvalue weighted by molar-refractivity contribution is 0.320. The Bertz CT molecular complexity index is 1050. The molecule has 0 bridgehead atoms. The van der Waals surface area contributed by atoms with E-state index >= 15 is 0 Å². The second kappa shape index (κ2) is 10.1. The number of oxime groups is 1. The molecular formula is C23H21N3O2S. The monoisotopic (exact) mass is 403 g/mol. The number of methoxy groups -OCH3 is 1. The average molecular weight is 404 g/mol. The van der Waals surface area contributed by atoms with E-state index in [2.05, 4.69) is 16.5 Å². The maximum Gasteiger partial charge on any atom is 0.119 e. The zero-order valence-electron chi connectivity index (χ0n) is 16.0. The highest BCUT2D eigenvalue weighted by atomic mass is 32.1. The lowest BCUT2D eigenvalue weighted by atomic mass is 10.1. The van der Waals surface area contributed by atoms with Crippen molar-refractivity contribution in [3.63, 3.8) is 0 Å². The van der Waals surface area contributed by atoms with Crippen molar-refractivity contribution in [3.8, 4) is 11.8 Å². The van der Waals surface area contributed by atoms with Crippen molar-refractivity contribution < 1.29 is 9.94 Å². The van der Waals surface area contributed by atoms with Gasteiger partial charge in [-0.15, -0.1) is 11.3 Å². The predicted molar refractivity (Wildman–Crippen MR) is 117 cm³/mol. The van der Waals surface area contributed by atoms with E-state index in [1.165, 1.54) is 0 Å². The van der Waals surface area contributed by atoms with Crippen LogP contribution in [0.3, 0.4) is 0 Å². The molecule has 0 spiro atoms. The SMILES string of the molecule is COc1cccc(CNc2sc(C/C=C/C(=N\O)c3ccccc3)cc2C#N)c1. The highest BCUT2D eigenvalue weighted by Crippen LogP contribution is 2.29. The normalized spacial score (nSPS) is 11.4. The van der Waals surface area contributed by atoms with Crippen LogP contribution in [0.5, 0.6) is 5.75 Å². The van der Waals surface area contributed by atoms with E-state index in [-0.39, 0.29) is 0 Å². The molecule has 0 atom stereocenters. The molecule has 2 aromatic carbocycles. The van der Waals surface area contributed by atoms with E-state index in [1.807, 2.05) is 66.7 Å². The fourth-order valence-corrected chi connectivity index (χ4v) is 3.78. The summed E-state index contributed by atoms with van der Waals surface area (Å²) in [5.74, 6) is 0.807. The van der Waals surface area contributed by atoms with Crippen molar-refractivity contribution in [1.29, 1.82) is 5.26 Å². The molecule has 0 amide bonds. The van der Waals surface area contributed by atoms with Gasteiger partial charge in [0.25, 0.3) is 0 Å². The van der Waals surface area contributed by atoms with Crippen molar-refractivity contribution in [2.75, 3.05) is 12.4 Å². The summed E-state index contributed by atoms with van der Waals surface area (Å²) in [6.45, 7) is 0.608. The molecule has 0 fully saturated rings. The van der Waals surface area contributed by atoms with Gasteiger partial charge in [-0.1, -0.05) is 53.7 Å². The van der Waals surface area contributed by atoms with E-state index in [9.17, 15) is 10.5 Å². The predicted octanol–water partition coefficient (Wildman–Crippen LogP) is 5.22. The first-order valence-electron chi connectivity index (χ1n) is 9.07. The Kier molecular flexibility index (Phi) is 7.04. The number of anilines is 1. The molecule has 0 saturated carbocycles. The molecule has 146 valence electrons. The van der Waals surface area contributed by atoms with Crippen molar-refractivity contribution in [3.05, 3.63) is 94.4 Å². The highest BCUT2D eigenvalue weighted by molar-refractivity contribution is 7.16. The molecule has 0 aliphatic carbocycles. The topological polar surface area (TPSA) is 77.6 Å². The first kappa shape index (κ1) is 20.2. The van der Waals surface area contributed by atoms with Crippen molar-refractivity contribution in [1.82, 2.24) is 0 Å². The maximum atomic E-state index is 9.44. The Balaban J connectivity index is 1.65. The number of nitrogens with zero attached hydrogens (tertiary/aromatic N) is 2. The lowest BCUT2D eigenvalue weighted by Crippen LogP contribution is -1.99. The smallest absolute Gasteiger partial charge is 0.119 e. The number of thiophene rings is 1. The fraction of sp³-hybridized carbons (Fsp3) is 0.130. The van der Waals surface area contributed by atoms with Crippen LogP contribution in [-0.4, -0.2) is 18.0 Å². The van der Waals surface area contributed by atoms with Gasteiger partial charge >= 0.3 is 0 Å². The van der Waals surface area contributed by atoms with Gasteiger partial charge in [0.05, 0.1) is 12.7 Å². The molecular weight excluding hydrogens is 382 g/mol. The molecule has 0 saturated heterocycles. The van der Waals surface area contributed by atoms with E-state index in [0.717, 1.165) is 26.8 Å². The van der Waals surface area contributed by atoms with E-state index < -0.39 is 0 Å². The van der Waals surface area contributed by atoms with Crippen molar-refractivity contribution in [2.24, 2.45) is 5.16 Å². The number of allylic oxidation sites excluding steroid dienone is 2. The van der Waals surface area contributed by atoms with E-state index in [1.54, 1.807) is 24.5 Å². The van der Waals surface area contributed by atoms with Gasteiger partial charge in [-0.25, -0.2) is 0 Å². The summed E-state index contributed by atoms with van der Waals surface area (Å²) in [5, 5.41) is 26.2. The molecule has 2 N–H and O–H groups in total. The number of hydrogen-bond acceptors (Lipinski definition) is 6. The third-order valence-electron chi connectivity index (χ3n) is 4.26. The summed E-state index contributed by atoms with van der Waals surface area (Å²) in [5.41, 5.74) is 3.05. The van der Waals surface area contributed by atoms with E-state index in [4.69, 9.17) is 4.74 Å². The highest BCUT2D eigenvalue weighted by Gasteiger charge is 2.08. The molecule has 5 nitrogen and oxygen atoms in total. The average Bonchev–Trinajstić information content (AvgIpc) is 3.18. The van der Waals surface area contributed by atoms with Gasteiger partial charge in [0.1, 0.15) is 22.5 Å². The zero-order chi connectivity index (χ0) is 20.5. The second-order valence-electron chi connectivity index (χ2n) is 6.23. The minimum Gasteiger partial charge on any atom is -0.497 e. The largest absolute Gasteiger partial charge is 0.497 e. The molecule has 29 heavy (non-hydrogen) atoms. The number of nitriles is 1. The van der Waals surface area contributed by atoms with Gasteiger partial charge in [-0.3, -0.25) is 0 Å². The van der Waals surface area contributed by atoms with Gasteiger partial charge in [0.15, 0.2) is 0 Å². The minimum absolute atomic E-state index is 0.499. The van der Waals surface area contributed by atoms with Crippen molar-refractivity contribution >= 4 is 22.0 Å².